The van der Waals surface area contributed by atoms with E-state index in [1.54, 1.807) is 29.8 Å². The van der Waals surface area contributed by atoms with Crippen LogP contribution in [0.3, 0.4) is 0 Å². The minimum absolute atomic E-state index is 0.0302. The highest BCUT2D eigenvalue weighted by Crippen LogP contribution is 2.35. The first-order valence-electron chi connectivity index (χ1n) is 11.8. The summed E-state index contributed by atoms with van der Waals surface area (Å²) < 4.78 is 16.0. The lowest BCUT2D eigenvalue weighted by Crippen LogP contribution is -2.28. The van der Waals surface area contributed by atoms with Gasteiger partial charge in [0, 0.05) is 34.8 Å². The normalized spacial score (nSPS) is 13.8. The molecule has 0 bridgehead atoms. The third kappa shape index (κ3) is 3.66. The monoisotopic (exact) mass is 510 g/mol. The van der Waals surface area contributed by atoms with Crippen molar-refractivity contribution in [2.45, 2.75) is 19.3 Å². The van der Waals surface area contributed by atoms with Crippen molar-refractivity contribution >= 4 is 44.9 Å². The second-order valence-corrected chi connectivity index (χ2v) is 9.79. The maximum atomic E-state index is 16.0. The molecular weight excluding hydrogens is 491 g/mol. The van der Waals surface area contributed by atoms with Crippen LogP contribution in [-0.4, -0.2) is 41.0 Å². The number of rotatable bonds is 5. The number of H-pyrrole nitrogens is 2. The van der Waals surface area contributed by atoms with Gasteiger partial charge in [-0.15, -0.1) is 0 Å². The van der Waals surface area contributed by atoms with Gasteiger partial charge in [0.2, 0.25) is 5.91 Å². The highest BCUT2D eigenvalue weighted by Gasteiger charge is 2.26. The van der Waals surface area contributed by atoms with E-state index < -0.39 is 5.82 Å². The van der Waals surface area contributed by atoms with Gasteiger partial charge in [-0.2, -0.15) is 16.4 Å². The minimum Gasteiger partial charge on any atom is -0.336 e. The van der Waals surface area contributed by atoms with Crippen LogP contribution in [0.4, 0.5) is 10.1 Å². The Morgan fingerprint density at radius 2 is 1.97 bits per heavy atom. The van der Waals surface area contributed by atoms with Gasteiger partial charge in [0.25, 0.3) is 0 Å². The molecule has 0 aromatic carbocycles. The number of carbonyl (C=O) groups is 1. The van der Waals surface area contributed by atoms with Gasteiger partial charge in [-0.1, -0.05) is 6.42 Å². The molecule has 3 N–H and O–H groups in total. The Kier molecular flexibility index (Phi) is 5.03. The number of anilines is 1. The number of halogens is 1. The lowest BCUT2D eigenvalue weighted by molar-refractivity contribution is -0.122. The second-order valence-electron chi connectivity index (χ2n) is 9.01. The van der Waals surface area contributed by atoms with Crippen molar-refractivity contribution in [2.24, 2.45) is 5.92 Å². The van der Waals surface area contributed by atoms with Crippen molar-refractivity contribution in [3.63, 3.8) is 0 Å². The average molecular weight is 511 g/mol. The highest BCUT2D eigenvalue weighted by atomic mass is 32.1. The molecule has 7 rings (SSSR count). The van der Waals surface area contributed by atoms with Crippen LogP contribution in [0.1, 0.15) is 19.3 Å². The number of nitrogens with one attached hydrogen (secondary N) is 3. The van der Waals surface area contributed by atoms with E-state index in [0.717, 1.165) is 36.0 Å². The fourth-order valence-corrected chi connectivity index (χ4v) is 5.20. The summed E-state index contributed by atoms with van der Waals surface area (Å²) >= 11 is 1.58. The Hall–Kier alpha value is -4.51. The number of hydrogen-bond acceptors (Lipinski definition) is 7. The van der Waals surface area contributed by atoms with E-state index in [4.69, 9.17) is 4.98 Å². The molecule has 6 aromatic heterocycles. The topological polar surface area (TPSA) is 125 Å². The van der Waals surface area contributed by atoms with Crippen LogP contribution in [0.2, 0.25) is 0 Å². The summed E-state index contributed by atoms with van der Waals surface area (Å²) in [4.78, 5) is 33.4. The van der Waals surface area contributed by atoms with Crippen LogP contribution < -0.4 is 5.32 Å². The number of imidazole rings is 1. The second kappa shape index (κ2) is 8.56. The number of fused-ring (bicyclic) bond motifs is 2. The SMILES string of the molecule is O=C(Nc1cncc(-c2ncc3[nH]nc(-c4nc5c(-c6ccsc6)nccc5[nH]4)c3c2F)c1)C1CCC1. The number of carbonyl (C=O) groups excluding carboxylic acids is 1. The summed E-state index contributed by atoms with van der Waals surface area (Å²) in [5.41, 5.74) is 5.02. The van der Waals surface area contributed by atoms with Crippen LogP contribution in [0.15, 0.2) is 53.7 Å². The van der Waals surface area contributed by atoms with Gasteiger partial charge in [0.15, 0.2) is 11.6 Å². The molecule has 1 aliphatic rings. The average Bonchev–Trinajstić information content (AvgIpc) is 3.62. The Labute approximate surface area is 213 Å². The van der Waals surface area contributed by atoms with Gasteiger partial charge in [-0.3, -0.25) is 24.8 Å². The largest absolute Gasteiger partial charge is 0.336 e. The molecule has 0 atom stereocenters. The molecule has 0 spiro atoms. The van der Waals surface area contributed by atoms with Crippen LogP contribution in [0.25, 0.3) is 56.0 Å². The van der Waals surface area contributed by atoms with Gasteiger partial charge in [0.05, 0.1) is 40.2 Å². The Bertz CT molecular complexity index is 1790. The molecule has 0 radical (unpaired) electrons. The molecule has 37 heavy (non-hydrogen) atoms. The molecule has 9 nitrogen and oxygen atoms in total. The van der Waals surface area contributed by atoms with E-state index >= 15 is 4.39 Å². The summed E-state index contributed by atoms with van der Waals surface area (Å²) in [5.74, 6) is -0.140. The minimum atomic E-state index is -0.554. The summed E-state index contributed by atoms with van der Waals surface area (Å²) in [6.07, 6.45) is 9.17. The van der Waals surface area contributed by atoms with Crippen molar-refractivity contribution in [2.75, 3.05) is 5.32 Å². The third-order valence-electron chi connectivity index (χ3n) is 6.72. The van der Waals surface area contributed by atoms with E-state index in [0.29, 0.717) is 33.8 Å². The third-order valence-corrected chi connectivity index (χ3v) is 7.40. The highest BCUT2D eigenvalue weighted by molar-refractivity contribution is 7.08. The van der Waals surface area contributed by atoms with Gasteiger partial charge >= 0.3 is 0 Å². The Balaban J connectivity index is 1.30. The molecule has 1 amide bonds. The van der Waals surface area contributed by atoms with Crippen molar-refractivity contribution in [1.29, 1.82) is 0 Å². The standard InChI is InChI=1S/C26H19FN8OS/c27-20-19-18(11-30-21(20)15-8-16(10-28-9-15)31-26(36)13-2-1-3-13)34-35-24(19)25-32-17-4-6-29-22(23(17)33-25)14-5-7-37-12-14/h4-13H,1-3H2,(H,31,36)(H,32,33)(H,34,35). The van der Waals surface area contributed by atoms with Crippen molar-refractivity contribution in [3.8, 4) is 34.0 Å². The first-order valence-corrected chi connectivity index (χ1v) is 12.8. The molecule has 11 heteroatoms. The van der Waals surface area contributed by atoms with Crippen LogP contribution in [-0.2, 0) is 4.79 Å². The first-order chi connectivity index (χ1) is 18.2. The van der Waals surface area contributed by atoms with Crippen molar-refractivity contribution < 1.29 is 9.18 Å². The van der Waals surface area contributed by atoms with Gasteiger partial charge in [0.1, 0.15) is 16.9 Å². The fraction of sp³-hybridized carbons (Fsp3) is 0.154. The zero-order valence-corrected chi connectivity index (χ0v) is 20.1. The lowest BCUT2D eigenvalue weighted by atomic mass is 9.85. The summed E-state index contributed by atoms with van der Waals surface area (Å²) in [6, 6.07) is 5.49. The summed E-state index contributed by atoms with van der Waals surface area (Å²) in [6.45, 7) is 0. The van der Waals surface area contributed by atoms with E-state index in [-0.39, 0.29) is 22.9 Å². The maximum absolute atomic E-state index is 16.0. The number of nitrogens with zero attached hydrogens (tertiary/aromatic N) is 5. The van der Waals surface area contributed by atoms with E-state index in [1.165, 1.54) is 12.4 Å². The zero-order valence-electron chi connectivity index (χ0n) is 19.3. The molecule has 0 unspecified atom stereocenters. The maximum Gasteiger partial charge on any atom is 0.227 e. The van der Waals surface area contributed by atoms with E-state index in [2.05, 4.69) is 35.5 Å². The molecule has 1 saturated carbocycles. The van der Waals surface area contributed by atoms with E-state index in [9.17, 15) is 4.79 Å². The fourth-order valence-electron chi connectivity index (χ4n) is 4.56. The molecule has 0 saturated heterocycles. The predicted molar refractivity (Wildman–Crippen MR) is 139 cm³/mol. The van der Waals surface area contributed by atoms with Gasteiger partial charge in [-0.25, -0.2) is 9.37 Å². The zero-order chi connectivity index (χ0) is 24.9. The molecule has 182 valence electrons. The van der Waals surface area contributed by atoms with Crippen molar-refractivity contribution in [1.82, 2.24) is 35.1 Å². The molecular formula is C26H19FN8OS. The summed E-state index contributed by atoms with van der Waals surface area (Å²) in [5, 5.41) is 14.3. The number of aromatic amines is 2. The summed E-state index contributed by atoms with van der Waals surface area (Å²) in [7, 11) is 0. The Morgan fingerprint density at radius 3 is 2.78 bits per heavy atom. The molecule has 6 aromatic rings. The van der Waals surface area contributed by atoms with Gasteiger partial charge < -0.3 is 10.3 Å². The number of amides is 1. The molecule has 0 aliphatic heterocycles. The van der Waals surface area contributed by atoms with Gasteiger partial charge in [-0.05, 0) is 36.4 Å². The molecule has 1 aliphatic carbocycles. The van der Waals surface area contributed by atoms with E-state index in [1.807, 2.05) is 22.9 Å². The molecule has 1 fully saturated rings. The van der Waals surface area contributed by atoms with Crippen molar-refractivity contribution in [3.05, 3.63) is 59.6 Å². The van der Waals surface area contributed by atoms with Crippen LogP contribution in [0.5, 0.6) is 0 Å². The number of aromatic nitrogens is 7. The lowest BCUT2D eigenvalue weighted by Gasteiger charge is -2.24. The van der Waals surface area contributed by atoms with Crippen LogP contribution in [0, 0.1) is 11.7 Å². The number of pyridine rings is 3. The number of thiophene rings is 1. The Morgan fingerprint density at radius 1 is 1.05 bits per heavy atom. The quantitative estimate of drug-likeness (QED) is 0.279. The smallest absolute Gasteiger partial charge is 0.227 e. The predicted octanol–water partition coefficient (Wildman–Crippen LogP) is 5.56. The van der Waals surface area contributed by atoms with Crippen LogP contribution >= 0.6 is 11.3 Å². The molecule has 6 heterocycles. The first kappa shape index (κ1) is 21.7. The number of hydrogen-bond donors (Lipinski definition) is 3.